The minimum atomic E-state index is -4.65. The van der Waals surface area contributed by atoms with Crippen LogP contribution in [0.15, 0.2) is 65.6 Å². The largest absolute Gasteiger partial charge is 0.497 e. The first-order chi connectivity index (χ1) is 14.2. The first-order valence-electron chi connectivity index (χ1n) is 8.43. The predicted octanol–water partition coefficient (Wildman–Crippen LogP) is 4.17. The van der Waals surface area contributed by atoms with Crippen LogP contribution in [0.3, 0.4) is 0 Å². The van der Waals surface area contributed by atoms with Gasteiger partial charge in [-0.15, -0.1) is 0 Å². The smallest absolute Gasteiger partial charge is 0.264 e. The van der Waals surface area contributed by atoms with Gasteiger partial charge in [0.25, 0.3) is 15.9 Å². The lowest BCUT2D eigenvalue weighted by atomic mass is 10.1. The second-order valence-corrected chi connectivity index (χ2v) is 7.66. The summed E-state index contributed by atoms with van der Waals surface area (Å²) in [6, 6.07) is 13.1. The van der Waals surface area contributed by atoms with Crippen molar-refractivity contribution in [2.75, 3.05) is 17.1 Å². The van der Waals surface area contributed by atoms with Gasteiger partial charge in [0.05, 0.1) is 18.4 Å². The van der Waals surface area contributed by atoms with E-state index in [1.807, 2.05) is 4.72 Å². The third-order valence-electron chi connectivity index (χ3n) is 4.03. The van der Waals surface area contributed by atoms with Crippen molar-refractivity contribution in [1.82, 2.24) is 0 Å². The molecule has 0 atom stereocenters. The normalized spacial score (nSPS) is 11.1. The van der Waals surface area contributed by atoms with Crippen LogP contribution in [0.5, 0.6) is 5.75 Å². The number of amides is 1. The van der Waals surface area contributed by atoms with Gasteiger partial charge >= 0.3 is 0 Å². The van der Waals surface area contributed by atoms with Crippen LogP contribution in [0.4, 0.5) is 24.5 Å². The van der Waals surface area contributed by atoms with Crippen LogP contribution in [0.25, 0.3) is 0 Å². The molecule has 1 amide bonds. The maximum atomic E-state index is 14.0. The lowest BCUT2D eigenvalue weighted by Crippen LogP contribution is -2.20. The molecule has 2 N–H and O–H groups in total. The van der Waals surface area contributed by atoms with Gasteiger partial charge in [-0.1, -0.05) is 18.2 Å². The van der Waals surface area contributed by atoms with E-state index in [-0.39, 0.29) is 11.3 Å². The zero-order valence-corrected chi connectivity index (χ0v) is 16.3. The van der Waals surface area contributed by atoms with Crippen LogP contribution in [0.1, 0.15) is 10.4 Å². The second kappa shape index (κ2) is 8.46. The van der Waals surface area contributed by atoms with Crippen LogP contribution >= 0.6 is 0 Å². The summed E-state index contributed by atoms with van der Waals surface area (Å²) in [5.74, 6) is -5.46. The Labute approximate surface area is 170 Å². The molecule has 0 unspecified atom stereocenters. The van der Waals surface area contributed by atoms with Gasteiger partial charge in [0.15, 0.2) is 17.5 Å². The Morgan fingerprint density at radius 3 is 2.40 bits per heavy atom. The highest BCUT2D eigenvalue weighted by molar-refractivity contribution is 7.92. The van der Waals surface area contributed by atoms with Crippen LogP contribution in [-0.4, -0.2) is 21.4 Å². The molecule has 30 heavy (non-hydrogen) atoms. The molecule has 3 rings (SSSR count). The van der Waals surface area contributed by atoms with Crippen LogP contribution < -0.4 is 14.8 Å². The number of nitrogens with one attached hydrogen (secondary N) is 2. The summed E-state index contributed by atoms with van der Waals surface area (Å²) in [6.07, 6.45) is 0. The summed E-state index contributed by atoms with van der Waals surface area (Å²) in [5.41, 5.74) is 0.137. The standard InChI is InChI=1S/C20H15F3N2O4S/c1-29-13-6-4-5-12(11-13)24-20(26)14-7-2-3-8-16(14)25-30(27,28)17-10-9-15(21)18(22)19(17)23/h2-11,25H,1H3,(H,24,26). The fraction of sp³-hybridized carbons (Fsp3) is 0.0500. The number of rotatable bonds is 6. The molecule has 0 aliphatic carbocycles. The number of benzene rings is 3. The SMILES string of the molecule is COc1cccc(NC(=O)c2ccccc2NS(=O)(=O)c2ccc(F)c(F)c2F)c1. The average molecular weight is 436 g/mol. The highest BCUT2D eigenvalue weighted by atomic mass is 32.2. The second-order valence-electron chi connectivity index (χ2n) is 6.01. The number of ether oxygens (including phenoxy) is 1. The van der Waals surface area contributed by atoms with E-state index in [1.54, 1.807) is 24.3 Å². The monoisotopic (exact) mass is 436 g/mol. The number of anilines is 2. The van der Waals surface area contributed by atoms with E-state index >= 15 is 0 Å². The molecular weight excluding hydrogens is 421 g/mol. The zero-order valence-electron chi connectivity index (χ0n) is 15.4. The van der Waals surface area contributed by atoms with Gasteiger partial charge in [0, 0.05) is 11.8 Å². The van der Waals surface area contributed by atoms with Crippen molar-refractivity contribution in [1.29, 1.82) is 0 Å². The van der Waals surface area contributed by atoms with Crippen molar-refractivity contribution >= 4 is 27.3 Å². The van der Waals surface area contributed by atoms with E-state index in [9.17, 15) is 26.4 Å². The van der Waals surface area contributed by atoms with Gasteiger partial charge < -0.3 is 10.1 Å². The maximum Gasteiger partial charge on any atom is 0.264 e. The van der Waals surface area contributed by atoms with E-state index in [0.717, 1.165) is 0 Å². The van der Waals surface area contributed by atoms with E-state index in [2.05, 4.69) is 5.32 Å². The third-order valence-corrected chi connectivity index (χ3v) is 5.42. The molecule has 0 aliphatic heterocycles. The lowest BCUT2D eigenvalue weighted by Gasteiger charge is -2.14. The fourth-order valence-electron chi connectivity index (χ4n) is 2.58. The van der Waals surface area contributed by atoms with Crippen molar-refractivity contribution in [3.8, 4) is 5.75 Å². The number of carbonyl (C=O) groups is 1. The molecule has 10 heteroatoms. The van der Waals surface area contributed by atoms with E-state index in [1.165, 1.54) is 31.4 Å². The number of hydrogen-bond acceptors (Lipinski definition) is 4. The Hall–Kier alpha value is -3.53. The molecular formula is C20H15F3N2O4S. The van der Waals surface area contributed by atoms with Gasteiger partial charge in [-0.2, -0.15) is 0 Å². The van der Waals surface area contributed by atoms with Gasteiger partial charge in [-0.05, 0) is 36.4 Å². The van der Waals surface area contributed by atoms with E-state index < -0.39 is 38.3 Å². The highest BCUT2D eigenvalue weighted by Crippen LogP contribution is 2.25. The topological polar surface area (TPSA) is 84.5 Å². The number of para-hydroxylation sites is 1. The number of sulfonamides is 1. The molecule has 0 aromatic heterocycles. The summed E-state index contributed by atoms with van der Waals surface area (Å²) in [4.78, 5) is 11.6. The van der Waals surface area contributed by atoms with Crippen molar-refractivity contribution in [2.24, 2.45) is 0 Å². The molecule has 3 aromatic carbocycles. The quantitative estimate of drug-likeness (QED) is 0.568. The molecule has 0 saturated heterocycles. The summed E-state index contributed by atoms with van der Waals surface area (Å²) < 4.78 is 72.7. The van der Waals surface area contributed by atoms with E-state index in [0.29, 0.717) is 23.6 Å². The zero-order chi connectivity index (χ0) is 21.9. The minimum Gasteiger partial charge on any atom is -0.497 e. The minimum absolute atomic E-state index is 0.0770. The number of methoxy groups -OCH3 is 1. The van der Waals surface area contributed by atoms with E-state index in [4.69, 9.17) is 4.74 Å². The Kier molecular flexibility index (Phi) is 5.97. The van der Waals surface area contributed by atoms with Gasteiger partial charge in [-0.25, -0.2) is 21.6 Å². The number of carbonyl (C=O) groups excluding carboxylic acids is 1. The molecule has 0 bridgehead atoms. The van der Waals surface area contributed by atoms with Crippen molar-refractivity contribution in [2.45, 2.75) is 4.90 Å². The molecule has 3 aromatic rings. The first-order valence-corrected chi connectivity index (χ1v) is 9.92. The summed E-state index contributed by atoms with van der Waals surface area (Å²) >= 11 is 0. The molecule has 156 valence electrons. The first kappa shape index (κ1) is 21.2. The molecule has 6 nitrogen and oxygen atoms in total. The molecule has 0 spiro atoms. The lowest BCUT2D eigenvalue weighted by molar-refractivity contribution is 0.102. The fourth-order valence-corrected chi connectivity index (χ4v) is 3.74. The number of hydrogen-bond donors (Lipinski definition) is 2. The molecule has 0 fully saturated rings. The van der Waals surface area contributed by atoms with Crippen molar-refractivity contribution < 1.29 is 31.1 Å². The third kappa shape index (κ3) is 4.38. The molecule has 0 aliphatic rings. The van der Waals surface area contributed by atoms with Crippen LogP contribution in [0.2, 0.25) is 0 Å². The van der Waals surface area contributed by atoms with Gasteiger partial charge in [-0.3, -0.25) is 9.52 Å². The Morgan fingerprint density at radius 2 is 1.67 bits per heavy atom. The Balaban J connectivity index is 1.91. The van der Waals surface area contributed by atoms with Crippen LogP contribution in [0, 0.1) is 17.5 Å². The predicted molar refractivity (Wildman–Crippen MR) is 105 cm³/mol. The summed E-state index contributed by atoms with van der Waals surface area (Å²) in [7, 11) is -3.19. The summed E-state index contributed by atoms with van der Waals surface area (Å²) in [5, 5.41) is 2.59. The molecule has 0 radical (unpaired) electrons. The van der Waals surface area contributed by atoms with Gasteiger partial charge in [0.2, 0.25) is 0 Å². The molecule has 0 saturated carbocycles. The molecule has 0 heterocycles. The maximum absolute atomic E-state index is 14.0. The van der Waals surface area contributed by atoms with Crippen molar-refractivity contribution in [3.63, 3.8) is 0 Å². The highest BCUT2D eigenvalue weighted by Gasteiger charge is 2.25. The van der Waals surface area contributed by atoms with Crippen molar-refractivity contribution in [3.05, 3.63) is 83.7 Å². The van der Waals surface area contributed by atoms with Crippen LogP contribution in [-0.2, 0) is 10.0 Å². The Morgan fingerprint density at radius 1 is 0.933 bits per heavy atom. The Bertz CT molecular complexity index is 1220. The summed E-state index contributed by atoms with van der Waals surface area (Å²) in [6.45, 7) is 0. The number of halogens is 3. The average Bonchev–Trinajstić information content (AvgIpc) is 2.72. The van der Waals surface area contributed by atoms with Gasteiger partial charge in [0.1, 0.15) is 10.6 Å².